The van der Waals surface area contributed by atoms with E-state index in [2.05, 4.69) is 33.0 Å². The molecule has 1 heterocycles. The number of benzene rings is 1. The van der Waals surface area contributed by atoms with E-state index in [1.54, 1.807) is 0 Å². The van der Waals surface area contributed by atoms with Gasteiger partial charge in [0.15, 0.2) is 0 Å². The minimum Gasteiger partial charge on any atom is -0.398 e. The summed E-state index contributed by atoms with van der Waals surface area (Å²) in [6, 6.07) is 7.05. The molecule has 0 bridgehead atoms. The molecule has 0 unspecified atom stereocenters. The number of halogens is 1. The second-order valence-electron chi connectivity index (χ2n) is 6.04. The number of likely N-dealkylation sites (tertiary alicyclic amines) is 1. The van der Waals surface area contributed by atoms with Gasteiger partial charge in [-0.2, -0.15) is 0 Å². The van der Waals surface area contributed by atoms with Crippen molar-refractivity contribution < 1.29 is 0 Å². The smallest absolute Gasteiger partial charge is 0.0461 e. The third-order valence-electron chi connectivity index (χ3n) is 4.84. The Morgan fingerprint density at radius 1 is 1.16 bits per heavy atom. The lowest BCUT2D eigenvalue weighted by Crippen LogP contribution is -2.46. The Hall–Kier alpha value is -0.540. The minimum atomic E-state index is 0.816. The molecule has 3 rings (SSSR count). The first kappa shape index (κ1) is 13.4. The lowest BCUT2D eigenvalue weighted by Gasteiger charge is -2.44. The van der Waals surface area contributed by atoms with Crippen molar-refractivity contribution in [3.05, 3.63) is 28.2 Å². The molecule has 0 radical (unpaired) electrons. The highest BCUT2D eigenvalue weighted by atomic mass is 79.9. The van der Waals surface area contributed by atoms with Gasteiger partial charge < -0.3 is 5.73 Å². The largest absolute Gasteiger partial charge is 0.398 e. The SMILES string of the molecule is Nc1cccc(CN2CCC[C@H]3CCCC[C@H]32)c1Br. The Morgan fingerprint density at radius 2 is 1.95 bits per heavy atom. The highest BCUT2D eigenvalue weighted by Gasteiger charge is 2.33. The molecule has 0 aromatic heterocycles. The first-order valence-corrected chi connectivity index (χ1v) is 8.32. The van der Waals surface area contributed by atoms with Crippen LogP contribution < -0.4 is 5.73 Å². The van der Waals surface area contributed by atoms with Gasteiger partial charge >= 0.3 is 0 Å². The summed E-state index contributed by atoms with van der Waals surface area (Å²) < 4.78 is 1.09. The van der Waals surface area contributed by atoms with Crippen LogP contribution in [0.15, 0.2) is 22.7 Å². The first-order chi connectivity index (χ1) is 9.25. The van der Waals surface area contributed by atoms with Gasteiger partial charge in [0.25, 0.3) is 0 Å². The molecule has 1 saturated heterocycles. The average Bonchev–Trinajstić information content (AvgIpc) is 2.44. The van der Waals surface area contributed by atoms with E-state index in [9.17, 15) is 0 Å². The summed E-state index contributed by atoms with van der Waals surface area (Å²) in [5.41, 5.74) is 8.19. The zero-order valence-electron chi connectivity index (χ0n) is 11.4. The van der Waals surface area contributed by atoms with Crippen molar-refractivity contribution in [3.8, 4) is 0 Å². The predicted molar refractivity (Wildman–Crippen MR) is 83.9 cm³/mol. The highest BCUT2D eigenvalue weighted by Crippen LogP contribution is 2.36. The van der Waals surface area contributed by atoms with Crippen LogP contribution in [0.5, 0.6) is 0 Å². The molecule has 2 N–H and O–H groups in total. The Kier molecular flexibility index (Phi) is 4.13. The van der Waals surface area contributed by atoms with Crippen LogP contribution in [0, 0.1) is 5.92 Å². The van der Waals surface area contributed by atoms with Gasteiger partial charge in [0, 0.05) is 22.7 Å². The van der Waals surface area contributed by atoms with Gasteiger partial charge in [0.05, 0.1) is 0 Å². The maximum absolute atomic E-state index is 5.99. The topological polar surface area (TPSA) is 29.3 Å². The van der Waals surface area contributed by atoms with Crippen LogP contribution in [0.25, 0.3) is 0 Å². The molecule has 2 aliphatic rings. The van der Waals surface area contributed by atoms with Gasteiger partial charge in [-0.1, -0.05) is 25.0 Å². The average molecular weight is 323 g/mol. The third kappa shape index (κ3) is 2.82. The minimum absolute atomic E-state index is 0.816. The van der Waals surface area contributed by atoms with Crippen molar-refractivity contribution in [2.45, 2.75) is 51.1 Å². The molecule has 1 aromatic rings. The molecule has 2 nitrogen and oxygen atoms in total. The summed E-state index contributed by atoms with van der Waals surface area (Å²) in [7, 11) is 0. The lowest BCUT2D eigenvalue weighted by atomic mass is 9.78. The molecular weight excluding hydrogens is 300 g/mol. The Labute approximate surface area is 124 Å². The van der Waals surface area contributed by atoms with E-state index in [4.69, 9.17) is 5.73 Å². The molecule has 1 saturated carbocycles. The number of hydrogen-bond donors (Lipinski definition) is 1. The summed E-state index contributed by atoms with van der Waals surface area (Å²) in [4.78, 5) is 2.70. The number of anilines is 1. The van der Waals surface area contributed by atoms with Gasteiger partial charge in [-0.15, -0.1) is 0 Å². The monoisotopic (exact) mass is 322 g/mol. The molecule has 1 aromatic carbocycles. The Bertz CT molecular complexity index is 444. The van der Waals surface area contributed by atoms with Crippen molar-refractivity contribution in [1.29, 1.82) is 0 Å². The van der Waals surface area contributed by atoms with Crippen molar-refractivity contribution in [1.82, 2.24) is 4.90 Å². The Morgan fingerprint density at radius 3 is 2.84 bits per heavy atom. The first-order valence-electron chi connectivity index (χ1n) is 7.52. The van der Waals surface area contributed by atoms with E-state index < -0.39 is 0 Å². The number of fused-ring (bicyclic) bond motifs is 1. The van der Waals surface area contributed by atoms with E-state index in [1.165, 1.54) is 50.6 Å². The fraction of sp³-hybridized carbons (Fsp3) is 0.625. The van der Waals surface area contributed by atoms with Crippen molar-refractivity contribution in [3.63, 3.8) is 0 Å². The van der Waals surface area contributed by atoms with Crippen molar-refractivity contribution >= 4 is 21.6 Å². The van der Waals surface area contributed by atoms with Gasteiger partial charge in [0.1, 0.15) is 0 Å². The molecule has 0 spiro atoms. The summed E-state index contributed by atoms with van der Waals surface area (Å²) in [6.45, 7) is 2.30. The summed E-state index contributed by atoms with van der Waals surface area (Å²) >= 11 is 3.64. The van der Waals surface area contributed by atoms with Crippen LogP contribution in [0.2, 0.25) is 0 Å². The summed E-state index contributed by atoms with van der Waals surface area (Å²) in [5.74, 6) is 0.947. The molecule has 19 heavy (non-hydrogen) atoms. The summed E-state index contributed by atoms with van der Waals surface area (Å²) in [5, 5.41) is 0. The molecule has 0 amide bonds. The normalized spacial score (nSPS) is 28.1. The molecule has 2 fully saturated rings. The van der Waals surface area contributed by atoms with Crippen LogP contribution in [0.4, 0.5) is 5.69 Å². The number of nitrogen functional groups attached to an aromatic ring is 1. The van der Waals surface area contributed by atoms with Gasteiger partial charge in [0.2, 0.25) is 0 Å². The molecule has 104 valence electrons. The van der Waals surface area contributed by atoms with Crippen molar-refractivity contribution in [2.75, 3.05) is 12.3 Å². The maximum atomic E-state index is 5.99. The van der Waals surface area contributed by atoms with Crippen LogP contribution in [0.1, 0.15) is 44.1 Å². The molecule has 2 atom stereocenters. The number of nitrogens with zero attached hydrogens (tertiary/aromatic N) is 1. The maximum Gasteiger partial charge on any atom is 0.0461 e. The predicted octanol–water partition coefficient (Wildman–Crippen LogP) is 4.19. The van der Waals surface area contributed by atoms with E-state index >= 15 is 0 Å². The molecular formula is C16H23BrN2. The fourth-order valence-electron chi connectivity index (χ4n) is 3.86. The number of hydrogen-bond acceptors (Lipinski definition) is 2. The fourth-order valence-corrected chi connectivity index (χ4v) is 4.25. The van der Waals surface area contributed by atoms with E-state index in [0.29, 0.717) is 0 Å². The van der Waals surface area contributed by atoms with E-state index in [0.717, 1.165) is 28.7 Å². The van der Waals surface area contributed by atoms with Crippen LogP contribution in [0.3, 0.4) is 0 Å². The Balaban J connectivity index is 1.76. The number of nitrogens with two attached hydrogens (primary N) is 1. The highest BCUT2D eigenvalue weighted by molar-refractivity contribution is 9.10. The van der Waals surface area contributed by atoms with E-state index in [1.807, 2.05) is 6.07 Å². The molecule has 3 heteroatoms. The second-order valence-corrected chi connectivity index (χ2v) is 6.84. The van der Waals surface area contributed by atoms with Gasteiger partial charge in [-0.3, -0.25) is 4.90 Å². The van der Waals surface area contributed by atoms with Gasteiger partial charge in [-0.05, 0) is 65.7 Å². The zero-order valence-corrected chi connectivity index (χ0v) is 13.0. The third-order valence-corrected chi connectivity index (χ3v) is 5.81. The van der Waals surface area contributed by atoms with Crippen molar-refractivity contribution in [2.24, 2.45) is 5.92 Å². The standard InChI is InChI=1S/C16H23BrN2/c17-16-13(6-3-8-14(16)18)11-19-10-4-7-12-5-1-2-9-15(12)19/h3,6,8,12,15H,1-2,4-5,7,9-11,18H2/t12-,15-/m1/s1. The van der Waals surface area contributed by atoms with E-state index in [-0.39, 0.29) is 0 Å². The quantitative estimate of drug-likeness (QED) is 0.827. The molecule has 1 aliphatic carbocycles. The summed E-state index contributed by atoms with van der Waals surface area (Å²) in [6.07, 6.45) is 8.50. The lowest BCUT2D eigenvalue weighted by molar-refractivity contribution is 0.0545. The van der Waals surface area contributed by atoms with Crippen LogP contribution in [-0.2, 0) is 6.54 Å². The zero-order chi connectivity index (χ0) is 13.2. The van der Waals surface area contributed by atoms with Crippen LogP contribution >= 0.6 is 15.9 Å². The molecule has 1 aliphatic heterocycles. The van der Waals surface area contributed by atoms with Gasteiger partial charge in [-0.25, -0.2) is 0 Å². The number of piperidine rings is 1. The second kappa shape index (κ2) is 5.84. The van der Waals surface area contributed by atoms with Crippen LogP contribution in [-0.4, -0.2) is 17.5 Å². The number of rotatable bonds is 2.